The molecule has 2 amide bonds. The van der Waals surface area contributed by atoms with Gasteiger partial charge in [-0.1, -0.05) is 11.6 Å². The van der Waals surface area contributed by atoms with Crippen LogP contribution in [0.5, 0.6) is 0 Å². The molecule has 0 aliphatic carbocycles. The van der Waals surface area contributed by atoms with Crippen LogP contribution in [0.1, 0.15) is 29.9 Å². The Morgan fingerprint density at radius 2 is 1.75 bits per heavy atom. The maximum Gasteiger partial charge on any atom is 0.332 e. The fraction of sp³-hybridized carbons (Fsp3) is 0.318. The predicted octanol–water partition coefficient (Wildman–Crippen LogP) is 2.18. The third-order valence-corrected chi connectivity index (χ3v) is 5.39. The largest absolute Gasteiger partial charge is 0.339 e. The van der Waals surface area contributed by atoms with Crippen molar-refractivity contribution in [3.8, 4) is 0 Å². The SMILES string of the molecule is CCN(CC)C(=O)c1cc(C)nc2c1c(=O)n(CC(=O)Nc1ccc(Cl)cc1)c(=O)n2C. The van der Waals surface area contributed by atoms with Crippen molar-refractivity contribution in [2.75, 3.05) is 18.4 Å². The Bertz CT molecular complexity index is 1310. The molecule has 2 aromatic heterocycles. The van der Waals surface area contributed by atoms with Crippen LogP contribution < -0.4 is 16.6 Å². The number of hydrogen-bond donors (Lipinski definition) is 1. The Hall–Kier alpha value is -3.46. The number of carbonyl (C=O) groups is 2. The maximum absolute atomic E-state index is 13.3. The number of carbonyl (C=O) groups excluding carboxylic acids is 2. The average molecular weight is 458 g/mol. The maximum atomic E-state index is 13.3. The monoisotopic (exact) mass is 457 g/mol. The summed E-state index contributed by atoms with van der Waals surface area (Å²) >= 11 is 5.85. The smallest absolute Gasteiger partial charge is 0.332 e. The topological polar surface area (TPSA) is 106 Å². The molecule has 1 aromatic carbocycles. The highest BCUT2D eigenvalue weighted by molar-refractivity contribution is 6.30. The van der Waals surface area contributed by atoms with Gasteiger partial charge in [-0.2, -0.15) is 0 Å². The minimum Gasteiger partial charge on any atom is -0.339 e. The quantitative estimate of drug-likeness (QED) is 0.610. The Kier molecular flexibility index (Phi) is 6.78. The molecule has 0 atom stereocenters. The van der Waals surface area contributed by atoms with E-state index in [1.807, 2.05) is 13.8 Å². The molecule has 2 heterocycles. The predicted molar refractivity (Wildman–Crippen MR) is 123 cm³/mol. The fourth-order valence-electron chi connectivity index (χ4n) is 3.47. The van der Waals surface area contributed by atoms with Gasteiger partial charge in [0.1, 0.15) is 12.2 Å². The Balaban J connectivity index is 2.13. The van der Waals surface area contributed by atoms with E-state index in [2.05, 4.69) is 10.3 Å². The van der Waals surface area contributed by atoms with Crippen molar-refractivity contribution < 1.29 is 9.59 Å². The lowest BCUT2D eigenvalue weighted by atomic mass is 10.1. The normalized spacial score (nSPS) is 10.9. The van der Waals surface area contributed by atoms with Crippen LogP contribution in [0.15, 0.2) is 39.9 Å². The third kappa shape index (κ3) is 4.43. The van der Waals surface area contributed by atoms with Crippen molar-refractivity contribution in [3.05, 3.63) is 67.4 Å². The number of nitrogens with one attached hydrogen (secondary N) is 1. The van der Waals surface area contributed by atoms with Gasteiger partial charge < -0.3 is 10.2 Å². The zero-order chi connectivity index (χ0) is 23.6. The summed E-state index contributed by atoms with van der Waals surface area (Å²) in [5, 5.41) is 3.14. The molecule has 0 unspecified atom stereocenters. The van der Waals surface area contributed by atoms with Gasteiger partial charge in [0.15, 0.2) is 0 Å². The molecular formula is C22H24ClN5O4. The van der Waals surface area contributed by atoms with Crippen LogP contribution in [0.2, 0.25) is 5.02 Å². The molecule has 9 nitrogen and oxygen atoms in total. The third-order valence-electron chi connectivity index (χ3n) is 5.13. The Labute approximate surface area is 189 Å². The minimum absolute atomic E-state index is 0.00823. The number of aryl methyl sites for hydroxylation is 2. The summed E-state index contributed by atoms with van der Waals surface area (Å²) in [7, 11) is 1.45. The first-order valence-electron chi connectivity index (χ1n) is 10.1. The highest BCUT2D eigenvalue weighted by atomic mass is 35.5. The molecule has 0 radical (unpaired) electrons. The number of rotatable bonds is 6. The number of halogens is 1. The lowest BCUT2D eigenvalue weighted by Gasteiger charge is -2.20. The molecule has 0 bridgehead atoms. The van der Waals surface area contributed by atoms with Crippen molar-refractivity contribution in [2.24, 2.45) is 7.05 Å². The highest BCUT2D eigenvalue weighted by Crippen LogP contribution is 2.16. The first-order chi connectivity index (χ1) is 15.2. The molecular weight excluding hydrogens is 434 g/mol. The summed E-state index contributed by atoms with van der Waals surface area (Å²) in [6.45, 7) is 5.77. The van der Waals surface area contributed by atoms with E-state index in [-0.39, 0.29) is 22.5 Å². The van der Waals surface area contributed by atoms with Crippen LogP contribution in [0.3, 0.4) is 0 Å². The van der Waals surface area contributed by atoms with E-state index >= 15 is 0 Å². The molecule has 3 rings (SSSR count). The second-order valence-corrected chi connectivity index (χ2v) is 7.71. The summed E-state index contributed by atoms with van der Waals surface area (Å²) in [5.41, 5.74) is -0.209. The van der Waals surface area contributed by atoms with E-state index in [1.165, 1.54) is 17.7 Å². The van der Waals surface area contributed by atoms with Crippen molar-refractivity contribution in [1.29, 1.82) is 0 Å². The van der Waals surface area contributed by atoms with Crippen LogP contribution in [0, 0.1) is 6.92 Å². The fourth-order valence-corrected chi connectivity index (χ4v) is 3.60. The van der Waals surface area contributed by atoms with Crippen molar-refractivity contribution >= 4 is 40.1 Å². The number of anilines is 1. The minimum atomic E-state index is -0.739. The van der Waals surface area contributed by atoms with E-state index in [0.717, 1.165) is 4.57 Å². The van der Waals surface area contributed by atoms with E-state index in [4.69, 9.17) is 11.6 Å². The van der Waals surface area contributed by atoms with Gasteiger partial charge in [-0.3, -0.25) is 23.5 Å². The van der Waals surface area contributed by atoms with Crippen LogP contribution in [-0.2, 0) is 18.4 Å². The summed E-state index contributed by atoms with van der Waals surface area (Å²) in [4.78, 5) is 57.7. The summed E-state index contributed by atoms with van der Waals surface area (Å²) in [6, 6.07) is 7.96. The van der Waals surface area contributed by atoms with E-state index in [1.54, 1.807) is 36.1 Å². The van der Waals surface area contributed by atoms with Gasteiger partial charge in [0.05, 0.1) is 10.9 Å². The number of fused-ring (bicyclic) bond motifs is 1. The molecule has 0 saturated carbocycles. The molecule has 0 fully saturated rings. The van der Waals surface area contributed by atoms with Crippen LogP contribution in [0.25, 0.3) is 11.0 Å². The molecule has 0 spiro atoms. The van der Waals surface area contributed by atoms with Crippen molar-refractivity contribution in [3.63, 3.8) is 0 Å². The van der Waals surface area contributed by atoms with Crippen molar-refractivity contribution in [2.45, 2.75) is 27.3 Å². The molecule has 168 valence electrons. The molecule has 3 aromatic rings. The number of benzene rings is 1. The zero-order valence-electron chi connectivity index (χ0n) is 18.3. The van der Waals surface area contributed by atoms with Gasteiger partial charge in [-0.15, -0.1) is 0 Å². The summed E-state index contributed by atoms with van der Waals surface area (Å²) in [6.07, 6.45) is 0. The molecule has 0 aliphatic heterocycles. The van der Waals surface area contributed by atoms with Crippen LogP contribution >= 0.6 is 11.6 Å². The average Bonchev–Trinajstić information content (AvgIpc) is 2.77. The van der Waals surface area contributed by atoms with E-state index in [0.29, 0.717) is 29.5 Å². The molecule has 1 N–H and O–H groups in total. The van der Waals surface area contributed by atoms with Gasteiger partial charge in [0.25, 0.3) is 11.5 Å². The van der Waals surface area contributed by atoms with Gasteiger partial charge in [-0.25, -0.2) is 9.78 Å². The van der Waals surface area contributed by atoms with E-state index < -0.39 is 23.7 Å². The Morgan fingerprint density at radius 3 is 2.34 bits per heavy atom. The molecule has 10 heteroatoms. The molecule has 0 aliphatic rings. The highest BCUT2D eigenvalue weighted by Gasteiger charge is 2.23. The van der Waals surface area contributed by atoms with Crippen LogP contribution in [0.4, 0.5) is 5.69 Å². The molecule has 0 saturated heterocycles. The Morgan fingerprint density at radius 1 is 1.12 bits per heavy atom. The van der Waals surface area contributed by atoms with Gasteiger partial charge in [0.2, 0.25) is 5.91 Å². The number of aromatic nitrogens is 3. The molecule has 32 heavy (non-hydrogen) atoms. The summed E-state index contributed by atoms with van der Waals surface area (Å²) < 4.78 is 1.99. The first-order valence-corrected chi connectivity index (χ1v) is 10.5. The first kappa shape index (κ1) is 23.2. The zero-order valence-corrected chi connectivity index (χ0v) is 19.1. The van der Waals surface area contributed by atoms with Crippen LogP contribution in [-0.4, -0.2) is 43.9 Å². The second kappa shape index (κ2) is 9.35. The van der Waals surface area contributed by atoms with Gasteiger partial charge >= 0.3 is 5.69 Å². The van der Waals surface area contributed by atoms with Gasteiger partial charge in [-0.05, 0) is 51.1 Å². The van der Waals surface area contributed by atoms with E-state index in [9.17, 15) is 19.2 Å². The number of nitrogens with zero attached hydrogens (tertiary/aromatic N) is 4. The number of hydrogen-bond acceptors (Lipinski definition) is 5. The standard InChI is InChI=1S/C22H24ClN5O4/c1-5-27(6-2)20(30)16-11-13(3)24-19-18(16)21(31)28(22(32)26(19)4)12-17(29)25-15-9-7-14(23)8-10-15/h7-11H,5-6,12H2,1-4H3,(H,25,29). The lowest BCUT2D eigenvalue weighted by Crippen LogP contribution is -2.43. The summed E-state index contributed by atoms with van der Waals surface area (Å²) in [5.74, 6) is -0.902. The van der Waals surface area contributed by atoms with Gasteiger partial charge in [0, 0.05) is 36.5 Å². The number of amides is 2. The van der Waals surface area contributed by atoms with Crippen molar-refractivity contribution in [1.82, 2.24) is 19.0 Å². The lowest BCUT2D eigenvalue weighted by molar-refractivity contribution is -0.116. The second-order valence-electron chi connectivity index (χ2n) is 7.28. The number of pyridine rings is 1.